The van der Waals surface area contributed by atoms with Gasteiger partial charge >= 0.3 is 12.1 Å². The monoisotopic (exact) mass is 580 g/mol. The molecule has 1 amide bonds. The van der Waals surface area contributed by atoms with Crippen LogP contribution in [-0.2, 0) is 19.1 Å². The molecule has 4 unspecified atom stereocenters. The lowest BCUT2D eigenvalue weighted by Crippen LogP contribution is -2.63. The van der Waals surface area contributed by atoms with Gasteiger partial charge in [0.05, 0.1) is 30.6 Å². The number of nitrogens with one attached hydrogen (secondary N) is 3. The molecular formula is C28H39F3N6O4. The summed E-state index contributed by atoms with van der Waals surface area (Å²) < 4.78 is 52.3. The molecule has 4 rings (SSSR count). The molecule has 0 radical (unpaired) electrons. The minimum absolute atomic E-state index is 0.0904. The molecule has 0 bridgehead atoms. The Hall–Kier alpha value is -2.92. The number of alkyl halides is 3. The topological polar surface area (TPSA) is 119 Å². The van der Waals surface area contributed by atoms with Gasteiger partial charge in [0.15, 0.2) is 6.10 Å². The first-order valence-corrected chi connectivity index (χ1v) is 13.8. The van der Waals surface area contributed by atoms with Crippen LogP contribution in [0.2, 0.25) is 0 Å². The van der Waals surface area contributed by atoms with Crippen molar-refractivity contribution in [1.82, 2.24) is 20.7 Å². The Morgan fingerprint density at radius 3 is 2.49 bits per heavy atom. The fourth-order valence-electron chi connectivity index (χ4n) is 6.06. The van der Waals surface area contributed by atoms with Crippen molar-refractivity contribution in [3.05, 3.63) is 29.8 Å². The van der Waals surface area contributed by atoms with E-state index < -0.39 is 47.5 Å². The molecule has 0 aliphatic carbocycles. The first-order chi connectivity index (χ1) is 19.1. The van der Waals surface area contributed by atoms with Gasteiger partial charge in [-0.2, -0.15) is 18.4 Å². The lowest BCUT2D eigenvalue weighted by molar-refractivity contribution is -0.181. The zero-order valence-electron chi connectivity index (χ0n) is 24.0. The third-order valence-corrected chi connectivity index (χ3v) is 7.81. The van der Waals surface area contributed by atoms with Gasteiger partial charge in [-0.1, -0.05) is 12.1 Å². The standard InChI is InChI=1S/C28H39F3N6O4/c1-26(2,3)41-25(39)20-10-12-27(13-14-32,16-40-20)37-19-11-15-33-24(38)21(19)23(35-37)34-18-8-6-17(7-9-18)22(36(4)5)28(29,30)31/h6-9,19-23,34-35H,10-13,15-16H2,1-5H3,(H,33,38)/t19?,20-,21?,22?,23?,27-/m0/s1. The second kappa shape index (κ2) is 11.8. The van der Waals surface area contributed by atoms with E-state index >= 15 is 0 Å². The summed E-state index contributed by atoms with van der Waals surface area (Å²) in [4.78, 5) is 26.8. The van der Waals surface area contributed by atoms with Gasteiger partial charge < -0.3 is 20.1 Å². The van der Waals surface area contributed by atoms with Crippen molar-refractivity contribution in [3.63, 3.8) is 0 Å². The average molecular weight is 581 g/mol. The van der Waals surface area contributed by atoms with E-state index in [1.165, 1.54) is 26.2 Å². The molecule has 41 heavy (non-hydrogen) atoms. The first-order valence-electron chi connectivity index (χ1n) is 13.8. The Balaban J connectivity index is 1.53. The molecule has 13 heteroatoms. The molecule has 3 aliphatic heterocycles. The highest BCUT2D eigenvalue weighted by Gasteiger charge is 2.56. The number of piperidine rings is 1. The predicted octanol–water partition coefficient (Wildman–Crippen LogP) is 3.09. The van der Waals surface area contributed by atoms with E-state index in [2.05, 4.69) is 22.1 Å². The summed E-state index contributed by atoms with van der Waals surface area (Å²) in [5.41, 5.74) is 2.60. The van der Waals surface area contributed by atoms with Crippen molar-refractivity contribution in [1.29, 1.82) is 5.26 Å². The summed E-state index contributed by atoms with van der Waals surface area (Å²) in [6.07, 6.45) is -4.21. The lowest BCUT2D eigenvalue weighted by atomic mass is 9.83. The van der Waals surface area contributed by atoms with E-state index in [4.69, 9.17) is 9.47 Å². The highest BCUT2D eigenvalue weighted by atomic mass is 19.4. The summed E-state index contributed by atoms with van der Waals surface area (Å²) >= 11 is 0. The Bertz CT molecular complexity index is 1140. The molecular weight excluding hydrogens is 541 g/mol. The Morgan fingerprint density at radius 1 is 1.27 bits per heavy atom. The van der Waals surface area contributed by atoms with Crippen LogP contribution in [0.15, 0.2) is 24.3 Å². The van der Waals surface area contributed by atoms with Crippen LogP contribution in [0.4, 0.5) is 18.9 Å². The maximum atomic E-state index is 13.6. The van der Waals surface area contributed by atoms with Gasteiger partial charge in [-0.15, -0.1) is 0 Å². The summed E-state index contributed by atoms with van der Waals surface area (Å²) in [7, 11) is 2.76. The molecule has 0 aromatic heterocycles. The maximum Gasteiger partial charge on any atom is 0.408 e. The second-order valence-corrected chi connectivity index (χ2v) is 12.3. The van der Waals surface area contributed by atoms with E-state index in [1.807, 2.05) is 5.01 Å². The summed E-state index contributed by atoms with van der Waals surface area (Å²) in [6.45, 7) is 5.91. The van der Waals surface area contributed by atoms with Crippen molar-refractivity contribution >= 4 is 17.6 Å². The van der Waals surface area contributed by atoms with E-state index in [0.29, 0.717) is 31.5 Å². The zero-order chi connectivity index (χ0) is 30.2. The third kappa shape index (κ3) is 6.77. The molecule has 226 valence electrons. The molecule has 6 atom stereocenters. The average Bonchev–Trinajstić information content (AvgIpc) is 3.24. The zero-order valence-corrected chi connectivity index (χ0v) is 24.0. The summed E-state index contributed by atoms with van der Waals surface area (Å²) in [5.74, 6) is -1.14. The van der Waals surface area contributed by atoms with E-state index in [1.54, 1.807) is 32.9 Å². The second-order valence-electron chi connectivity index (χ2n) is 12.3. The molecule has 3 aliphatic rings. The van der Waals surface area contributed by atoms with Crippen molar-refractivity contribution in [2.75, 3.05) is 32.6 Å². The number of amides is 1. The van der Waals surface area contributed by atoms with Crippen LogP contribution in [0.1, 0.15) is 58.1 Å². The Morgan fingerprint density at radius 2 is 1.95 bits per heavy atom. The minimum atomic E-state index is -4.43. The normalized spacial score (nSPS) is 29.8. The van der Waals surface area contributed by atoms with E-state index in [0.717, 1.165) is 4.90 Å². The van der Waals surface area contributed by atoms with Gasteiger partial charge in [-0.05, 0) is 71.8 Å². The number of hydrogen-bond donors (Lipinski definition) is 3. The number of rotatable bonds is 7. The van der Waals surface area contributed by atoms with Crippen LogP contribution < -0.4 is 16.1 Å². The number of nitrogens with zero attached hydrogens (tertiary/aromatic N) is 3. The molecule has 3 heterocycles. The number of halogens is 3. The summed E-state index contributed by atoms with van der Waals surface area (Å²) in [6, 6.07) is 6.23. The van der Waals surface area contributed by atoms with Crippen LogP contribution in [0, 0.1) is 17.2 Å². The number of esters is 1. The molecule has 1 aromatic carbocycles. The fourth-order valence-corrected chi connectivity index (χ4v) is 6.06. The van der Waals surface area contributed by atoms with Gasteiger partial charge in [-0.25, -0.2) is 15.2 Å². The van der Waals surface area contributed by atoms with Crippen molar-refractivity contribution in [2.24, 2.45) is 5.92 Å². The molecule has 3 N–H and O–H groups in total. The van der Waals surface area contributed by atoms with Crippen LogP contribution in [-0.4, -0.2) is 84.7 Å². The highest BCUT2D eigenvalue weighted by Crippen LogP contribution is 2.41. The third-order valence-electron chi connectivity index (χ3n) is 7.81. The number of carbonyl (C=O) groups excluding carboxylic acids is 2. The van der Waals surface area contributed by atoms with Crippen molar-refractivity contribution in [2.45, 2.75) is 88.1 Å². The molecule has 3 saturated heterocycles. The van der Waals surface area contributed by atoms with Crippen LogP contribution >= 0.6 is 0 Å². The SMILES string of the molecule is CN(C)C(c1ccc(NC2NN([C@]3(CC#N)CC[C@@H](C(=O)OC(C)(C)C)OC3)C3CCNC(=O)C23)cc1)C(F)(F)F. The van der Waals surface area contributed by atoms with E-state index in [-0.39, 0.29) is 30.5 Å². The largest absolute Gasteiger partial charge is 0.458 e. The number of benzene rings is 1. The Labute approximate surface area is 238 Å². The van der Waals surface area contributed by atoms with Gasteiger partial charge in [0.1, 0.15) is 17.8 Å². The maximum absolute atomic E-state index is 13.6. The van der Waals surface area contributed by atoms with Crippen LogP contribution in [0.25, 0.3) is 0 Å². The van der Waals surface area contributed by atoms with Crippen molar-refractivity contribution in [3.8, 4) is 6.07 Å². The van der Waals surface area contributed by atoms with Crippen molar-refractivity contribution < 1.29 is 32.2 Å². The predicted molar refractivity (Wildman–Crippen MR) is 144 cm³/mol. The summed E-state index contributed by atoms with van der Waals surface area (Å²) in [5, 5.41) is 17.9. The molecule has 0 spiro atoms. The molecule has 3 fully saturated rings. The lowest BCUT2D eigenvalue weighted by Gasteiger charge is -2.47. The van der Waals surface area contributed by atoms with Gasteiger partial charge in [-0.3, -0.25) is 9.69 Å². The van der Waals surface area contributed by atoms with Gasteiger partial charge in [0.25, 0.3) is 0 Å². The minimum Gasteiger partial charge on any atom is -0.458 e. The van der Waals surface area contributed by atoms with Gasteiger partial charge in [0, 0.05) is 18.3 Å². The number of hydrazine groups is 1. The first kappa shape index (κ1) is 31.0. The number of hydrogen-bond acceptors (Lipinski definition) is 9. The number of carbonyl (C=O) groups is 2. The number of ether oxygens (including phenoxy) is 2. The fraction of sp³-hybridized carbons (Fsp3) is 0.679. The quantitative estimate of drug-likeness (QED) is 0.418. The van der Waals surface area contributed by atoms with Crippen LogP contribution in [0.3, 0.4) is 0 Å². The number of nitriles is 1. The molecule has 10 nitrogen and oxygen atoms in total. The van der Waals surface area contributed by atoms with E-state index in [9.17, 15) is 28.0 Å². The van der Waals surface area contributed by atoms with Crippen LogP contribution in [0.5, 0.6) is 0 Å². The number of fused-ring (bicyclic) bond motifs is 1. The molecule has 0 saturated carbocycles. The van der Waals surface area contributed by atoms with Gasteiger partial charge in [0.2, 0.25) is 5.91 Å². The highest BCUT2D eigenvalue weighted by molar-refractivity contribution is 5.82. The Kier molecular flexibility index (Phi) is 8.90. The molecule has 1 aromatic rings. The number of anilines is 1. The smallest absolute Gasteiger partial charge is 0.408 e.